The third-order valence-electron chi connectivity index (χ3n) is 4.29. The Balaban J connectivity index is 1.44. The minimum absolute atomic E-state index is 0.0167. The Labute approximate surface area is 189 Å². The summed E-state index contributed by atoms with van der Waals surface area (Å²) in [6.07, 6.45) is 3.10. The van der Waals surface area contributed by atoms with Gasteiger partial charge in [0.2, 0.25) is 5.91 Å². The quantitative estimate of drug-likeness (QED) is 0.388. The van der Waals surface area contributed by atoms with Gasteiger partial charge in [0.1, 0.15) is 23.4 Å². The zero-order valence-electron chi connectivity index (χ0n) is 17.4. The van der Waals surface area contributed by atoms with Crippen LogP contribution in [0.15, 0.2) is 60.0 Å². The number of amides is 1. The predicted molar refractivity (Wildman–Crippen MR) is 122 cm³/mol. The highest BCUT2D eigenvalue weighted by Crippen LogP contribution is 2.16. The SMILES string of the molecule is Cc1ccccc1NC(=O)Cc1nc(COC(=O)/C=C/c2ccc(OCC#N)cc2)cs1. The normalized spacial score (nSPS) is 10.5. The van der Waals surface area contributed by atoms with E-state index < -0.39 is 5.97 Å². The molecule has 0 radical (unpaired) electrons. The van der Waals surface area contributed by atoms with E-state index in [1.807, 2.05) is 37.3 Å². The summed E-state index contributed by atoms with van der Waals surface area (Å²) >= 11 is 1.35. The van der Waals surface area contributed by atoms with Crippen molar-refractivity contribution >= 4 is 35.0 Å². The molecule has 0 aliphatic carbocycles. The molecule has 0 unspecified atom stereocenters. The van der Waals surface area contributed by atoms with Gasteiger partial charge in [0, 0.05) is 17.1 Å². The van der Waals surface area contributed by atoms with Crippen LogP contribution in [-0.2, 0) is 27.4 Å². The van der Waals surface area contributed by atoms with Crippen molar-refractivity contribution in [3.05, 3.63) is 81.8 Å². The van der Waals surface area contributed by atoms with Crippen LogP contribution in [0.4, 0.5) is 5.69 Å². The molecular weight excluding hydrogens is 426 g/mol. The molecule has 0 saturated heterocycles. The Bertz CT molecular complexity index is 1150. The lowest BCUT2D eigenvalue weighted by Gasteiger charge is -2.06. The molecule has 0 aliphatic heterocycles. The average molecular weight is 448 g/mol. The molecule has 3 rings (SSSR count). The van der Waals surface area contributed by atoms with Crippen molar-refractivity contribution in [2.75, 3.05) is 11.9 Å². The van der Waals surface area contributed by atoms with E-state index in [9.17, 15) is 9.59 Å². The van der Waals surface area contributed by atoms with Crippen molar-refractivity contribution in [1.29, 1.82) is 5.26 Å². The highest BCUT2D eigenvalue weighted by Gasteiger charge is 2.10. The average Bonchev–Trinajstić information content (AvgIpc) is 3.24. The summed E-state index contributed by atoms with van der Waals surface area (Å²) in [5.41, 5.74) is 3.15. The maximum absolute atomic E-state index is 12.2. The van der Waals surface area contributed by atoms with Crippen molar-refractivity contribution in [2.45, 2.75) is 20.0 Å². The first-order chi connectivity index (χ1) is 15.5. The zero-order chi connectivity index (χ0) is 22.8. The van der Waals surface area contributed by atoms with Crippen molar-refractivity contribution in [2.24, 2.45) is 0 Å². The molecule has 0 bridgehead atoms. The molecule has 0 atom stereocenters. The van der Waals surface area contributed by atoms with Gasteiger partial charge in [0.05, 0.1) is 12.1 Å². The van der Waals surface area contributed by atoms with E-state index in [4.69, 9.17) is 14.7 Å². The number of aromatic nitrogens is 1. The standard InChI is InChI=1S/C24H21N3O4S/c1-17-4-2-3-5-21(17)27-22(28)14-23-26-19(16-32-23)15-31-24(29)11-8-18-6-9-20(10-7-18)30-13-12-25/h2-11,16H,13-15H2,1H3,(H,27,28)/b11-8+. The fourth-order valence-corrected chi connectivity index (χ4v) is 3.47. The van der Waals surface area contributed by atoms with Crippen LogP contribution in [0.5, 0.6) is 5.75 Å². The molecule has 0 saturated carbocycles. The molecule has 1 N–H and O–H groups in total. The second-order valence-electron chi connectivity index (χ2n) is 6.73. The van der Waals surface area contributed by atoms with E-state index in [0.29, 0.717) is 16.5 Å². The van der Waals surface area contributed by atoms with Crippen LogP contribution in [-0.4, -0.2) is 23.5 Å². The maximum Gasteiger partial charge on any atom is 0.331 e. The van der Waals surface area contributed by atoms with Crippen LogP contribution < -0.4 is 10.1 Å². The van der Waals surface area contributed by atoms with Gasteiger partial charge in [-0.25, -0.2) is 9.78 Å². The minimum Gasteiger partial charge on any atom is -0.479 e. The Morgan fingerprint density at radius 3 is 2.72 bits per heavy atom. The van der Waals surface area contributed by atoms with Crippen LogP contribution in [0, 0.1) is 18.3 Å². The lowest BCUT2D eigenvalue weighted by molar-refractivity contribution is -0.139. The molecule has 162 valence electrons. The van der Waals surface area contributed by atoms with Crippen molar-refractivity contribution in [3.8, 4) is 11.8 Å². The summed E-state index contributed by atoms with van der Waals surface area (Å²) in [7, 11) is 0. The number of nitrogens with zero attached hydrogens (tertiary/aromatic N) is 2. The number of nitrogens with one attached hydrogen (secondary N) is 1. The molecule has 8 heteroatoms. The third-order valence-corrected chi connectivity index (χ3v) is 5.19. The molecule has 0 fully saturated rings. The van der Waals surface area contributed by atoms with Crippen LogP contribution in [0.3, 0.4) is 0 Å². The molecule has 7 nitrogen and oxygen atoms in total. The van der Waals surface area contributed by atoms with Gasteiger partial charge in [0.15, 0.2) is 6.61 Å². The van der Waals surface area contributed by atoms with E-state index in [-0.39, 0.29) is 25.5 Å². The number of ether oxygens (including phenoxy) is 2. The first kappa shape index (κ1) is 22.7. The summed E-state index contributed by atoms with van der Waals surface area (Å²) in [6.45, 7) is 1.94. The van der Waals surface area contributed by atoms with E-state index in [0.717, 1.165) is 16.8 Å². The predicted octanol–water partition coefficient (Wildman–Crippen LogP) is 4.29. The maximum atomic E-state index is 12.2. The smallest absolute Gasteiger partial charge is 0.331 e. The first-order valence-corrected chi connectivity index (χ1v) is 10.6. The molecule has 0 spiro atoms. The van der Waals surface area contributed by atoms with E-state index in [2.05, 4.69) is 10.3 Å². The van der Waals surface area contributed by atoms with E-state index in [1.165, 1.54) is 17.4 Å². The minimum atomic E-state index is -0.498. The number of esters is 1. The van der Waals surface area contributed by atoms with Crippen molar-refractivity contribution in [1.82, 2.24) is 4.98 Å². The van der Waals surface area contributed by atoms with Gasteiger partial charge < -0.3 is 14.8 Å². The lowest BCUT2D eigenvalue weighted by Crippen LogP contribution is -2.15. The van der Waals surface area contributed by atoms with Gasteiger partial charge in [-0.05, 0) is 42.3 Å². The van der Waals surface area contributed by atoms with Gasteiger partial charge in [-0.15, -0.1) is 11.3 Å². The highest BCUT2D eigenvalue weighted by molar-refractivity contribution is 7.09. The van der Waals surface area contributed by atoms with Gasteiger partial charge in [0.25, 0.3) is 0 Å². The van der Waals surface area contributed by atoms with Crippen LogP contribution >= 0.6 is 11.3 Å². The van der Waals surface area contributed by atoms with Gasteiger partial charge >= 0.3 is 5.97 Å². The summed E-state index contributed by atoms with van der Waals surface area (Å²) in [4.78, 5) is 28.6. The topological polar surface area (TPSA) is 101 Å². The summed E-state index contributed by atoms with van der Waals surface area (Å²) in [6, 6.07) is 16.4. The van der Waals surface area contributed by atoms with Crippen molar-refractivity contribution in [3.63, 3.8) is 0 Å². The van der Waals surface area contributed by atoms with Crippen LogP contribution in [0.25, 0.3) is 6.08 Å². The number of aryl methyl sites for hydroxylation is 1. The summed E-state index contributed by atoms with van der Waals surface area (Å²) in [5.74, 6) is -0.0657. The largest absolute Gasteiger partial charge is 0.479 e. The highest BCUT2D eigenvalue weighted by atomic mass is 32.1. The molecule has 2 aromatic carbocycles. The number of hydrogen-bond acceptors (Lipinski definition) is 7. The van der Waals surface area contributed by atoms with Crippen molar-refractivity contribution < 1.29 is 19.1 Å². The number of carbonyl (C=O) groups excluding carboxylic acids is 2. The van der Waals surface area contributed by atoms with Crippen LogP contribution in [0.1, 0.15) is 21.8 Å². The fourth-order valence-electron chi connectivity index (χ4n) is 2.69. The molecule has 32 heavy (non-hydrogen) atoms. The van der Waals surface area contributed by atoms with Gasteiger partial charge in [-0.1, -0.05) is 30.3 Å². The lowest BCUT2D eigenvalue weighted by atomic mass is 10.2. The molecule has 1 heterocycles. The zero-order valence-corrected chi connectivity index (χ0v) is 18.2. The number of anilines is 1. The summed E-state index contributed by atoms with van der Waals surface area (Å²) in [5, 5.41) is 13.8. The Kier molecular flexibility index (Phi) is 8.12. The summed E-state index contributed by atoms with van der Waals surface area (Å²) < 4.78 is 10.4. The third kappa shape index (κ3) is 7.07. The first-order valence-electron chi connectivity index (χ1n) is 9.77. The molecule has 3 aromatic rings. The van der Waals surface area contributed by atoms with Crippen LogP contribution in [0.2, 0.25) is 0 Å². The number of carbonyl (C=O) groups is 2. The fraction of sp³-hybridized carbons (Fsp3) is 0.167. The number of hydrogen-bond donors (Lipinski definition) is 1. The Morgan fingerprint density at radius 1 is 1.19 bits per heavy atom. The molecule has 1 aromatic heterocycles. The number of rotatable bonds is 9. The Morgan fingerprint density at radius 2 is 1.97 bits per heavy atom. The Hall–Kier alpha value is -3.96. The number of nitriles is 1. The van der Waals surface area contributed by atoms with E-state index in [1.54, 1.807) is 35.7 Å². The van der Waals surface area contributed by atoms with Gasteiger partial charge in [-0.2, -0.15) is 5.26 Å². The number of para-hydroxylation sites is 1. The van der Waals surface area contributed by atoms with Gasteiger partial charge in [-0.3, -0.25) is 4.79 Å². The molecular formula is C24H21N3O4S. The number of benzene rings is 2. The molecule has 0 aliphatic rings. The number of thiazole rings is 1. The molecule has 1 amide bonds. The second-order valence-corrected chi connectivity index (χ2v) is 7.67. The second kappa shape index (κ2) is 11.4. The van der Waals surface area contributed by atoms with E-state index >= 15 is 0 Å². The monoisotopic (exact) mass is 447 g/mol.